The standard InChI is InChI=1S/C19H15NO5/c1-11(21)16-10-13-9-12(19(22)23)3-8-17(13)25-18(16)20-14-4-6-15(24-2)7-5-14/h3-10H,1-2H3,(H,22,23). The number of ether oxygens (including phenoxy) is 1. The maximum atomic E-state index is 12.0. The number of hydrogen-bond acceptors (Lipinski definition) is 5. The number of methoxy groups -OCH3 is 1. The first-order valence-electron chi connectivity index (χ1n) is 7.49. The van der Waals surface area contributed by atoms with Gasteiger partial charge in [0.15, 0.2) is 5.78 Å². The molecule has 3 rings (SSSR count). The summed E-state index contributed by atoms with van der Waals surface area (Å²) in [5.41, 5.74) is 1.63. The van der Waals surface area contributed by atoms with Gasteiger partial charge >= 0.3 is 5.97 Å². The molecule has 1 aromatic heterocycles. The van der Waals surface area contributed by atoms with E-state index in [0.29, 0.717) is 22.4 Å². The van der Waals surface area contributed by atoms with Gasteiger partial charge in [0, 0.05) is 5.39 Å². The minimum absolute atomic E-state index is 0.122. The molecule has 0 fully saturated rings. The van der Waals surface area contributed by atoms with Crippen LogP contribution in [-0.2, 0) is 0 Å². The third-order valence-electron chi connectivity index (χ3n) is 3.68. The first-order valence-corrected chi connectivity index (χ1v) is 7.49. The molecule has 0 amide bonds. The number of carbonyl (C=O) groups is 2. The highest BCUT2D eigenvalue weighted by molar-refractivity contribution is 5.98. The largest absolute Gasteiger partial charge is 0.497 e. The van der Waals surface area contributed by atoms with Gasteiger partial charge in [-0.3, -0.25) is 4.79 Å². The van der Waals surface area contributed by atoms with Gasteiger partial charge in [-0.05, 0) is 55.5 Å². The third-order valence-corrected chi connectivity index (χ3v) is 3.68. The van der Waals surface area contributed by atoms with E-state index in [2.05, 4.69) is 4.99 Å². The van der Waals surface area contributed by atoms with Crippen LogP contribution in [0.5, 0.6) is 5.75 Å². The Morgan fingerprint density at radius 2 is 1.80 bits per heavy atom. The van der Waals surface area contributed by atoms with Crippen molar-refractivity contribution in [1.82, 2.24) is 0 Å². The zero-order valence-corrected chi connectivity index (χ0v) is 13.6. The molecule has 0 saturated carbocycles. The molecule has 0 saturated heterocycles. The van der Waals surface area contributed by atoms with Crippen molar-refractivity contribution in [2.24, 2.45) is 4.99 Å². The Balaban J connectivity index is 2.20. The SMILES string of the molecule is COc1ccc(N=c2oc3ccc(C(=O)O)cc3cc2C(C)=O)cc1. The molecule has 0 unspecified atom stereocenters. The van der Waals surface area contributed by atoms with Gasteiger partial charge in [0.25, 0.3) is 0 Å². The lowest BCUT2D eigenvalue weighted by Crippen LogP contribution is -2.13. The van der Waals surface area contributed by atoms with E-state index in [0.717, 1.165) is 0 Å². The van der Waals surface area contributed by atoms with E-state index in [1.54, 1.807) is 43.5 Å². The summed E-state index contributed by atoms with van der Waals surface area (Å²) in [4.78, 5) is 27.4. The van der Waals surface area contributed by atoms with Gasteiger partial charge in [0.1, 0.15) is 11.3 Å². The monoisotopic (exact) mass is 337 g/mol. The van der Waals surface area contributed by atoms with Crippen LogP contribution in [0, 0.1) is 0 Å². The third kappa shape index (κ3) is 3.42. The summed E-state index contributed by atoms with van der Waals surface area (Å²) in [6.07, 6.45) is 0. The molecule has 0 aliphatic carbocycles. The Bertz CT molecular complexity index is 1030. The summed E-state index contributed by atoms with van der Waals surface area (Å²) < 4.78 is 10.8. The molecule has 1 N–H and O–H groups in total. The smallest absolute Gasteiger partial charge is 0.335 e. The lowest BCUT2D eigenvalue weighted by molar-refractivity contribution is 0.0697. The number of rotatable bonds is 4. The zero-order chi connectivity index (χ0) is 18.0. The van der Waals surface area contributed by atoms with E-state index in [1.807, 2.05) is 0 Å². The fraction of sp³-hybridized carbons (Fsp3) is 0.105. The van der Waals surface area contributed by atoms with E-state index < -0.39 is 5.97 Å². The van der Waals surface area contributed by atoms with Crippen molar-refractivity contribution in [1.29, 1.82) is 0 Å². The number of benzene rings is 2. The molecule has 126 valence electrons. The van der Waals surface area contributed by atoms with Crippen molar-refractivity contribution in [3.63, 3.8) is 0 Å². The van der Waals surface area contributed by atoms with Gasteiger partial charge < -0.3 is 14.3 Å². The summed E-state index contributed by atoms with van der Waals surface area (Å²) in [6.45, 7) is 1.41. The van der Waals surface area contributed by atoms with E-state index in [-0.39, 0.29) is 22.5 Å². The number of Topliss-reactive ketones (excluding diaryl/α,β-unsaturated/α-hetero) is 1. The lowest BCUT2D eigenvalue weighted by atomic mass is 10.1. The number of fused-ring (bicyclic) bond motifs is 1. The predicted octanol–water partition coefficient (Wildman–Crippen LogP) is 3.57. The summed E-state index contributed by atoms with van der Waals surface area (Å²) >= 11 is 0. The average Bonchev–Trinajstić information content (AvgIpc) is 2.61. The van der Waals surface area contributed by atoms with Crippen LogP contribution in [0.2, 0.25) is 0 Å². The summed E-state index contributed by atoms with van der Waals surface area (Å²) in [7, 11) is 1.57. The second kappa shape index (κ2) is 6.60. The highest BCUT2D eigenvalue weighted by Gasteiger charge is 2.11. The number of aromatic carboxylic acids is 1. The minimum Gasteiger partial charge on any atom is -0.497 e. The van der Waals surface area contributed by atoms with Crippen molar-refractivity contribution in [3.05, 3.63) is 65.2 Å². The molecule has 0 bridgehead atoms. The van der Waals surface area contributed by atoms with Crippen LogP contribution in [0.25, 0.3) is 11.0 Å². The van der Waals surface area contributed by atoms with Gasteiger partial charge in [-0.2, -0.15) is 0 Å². The van der Waals surface area contributed by atoms with Crippen molar-refractivity contribution >= 4 is 28.4 Å². The fourth-order valence-electron chi connectivity index (χ4n) is 2.37. The number of carboxylic acid groups (broad SMARTS) is 1. The first kappa shape index (κ1) is 16.4. The van der Waals surface area contributed by atoms with Crippen LogP contribution in [0.1, 0.15) is 27.6 Å². The van der Waals surface area contributed by atoms with Crippen molar-refractivity contribution in [3.8, 4) is 5.75 Å². The van der Waals surface area contributed by atoms with Gasteiger partial charge in [-0.25, -0.2) is 9.79 Å². The fourth-order valence-corrected chi connectivity index (χ4v) is 2.37. The van der Waals surface area contributed by atoms with Crippen molar-refractivity contribution < 1.29 is 23.8 Å². The Hall–Kier alpha value is -3.41. The average molecular weight is 337 g/mol. The van der Waals surface area contributed by atoms with Crippen LogP contribution in [0.4, 0.5) is 5.69 Å². The number of carbonyl (C=O) groups excluding carboxylic acids is 1. The lowest BCUT2D eigenvalue weighted by Gasteiger charge is -2.04. The van der Waals surface area contributed by atoms with Gasteiger partial charge in [-0.1, -0.05) is 0 Å². The normalized spacial score (nSPS) is 11.5. The molecule has 0 aliphatic heterocycles. The highest BCUT2D eigenvalue weighted by atomic mass is 16.5. The van der Waals surface area contributed by atoms with E-state index in [1.165, 1.54) is 19.1 Å². The van der Waals surface area contributed by atoms with Crippen LogP contribution in [0.15, 0.2) is 57.9 Å². The van der Waals surface area contributed by atoms with Crippen LogP contribution in [0.3, 0.4) is 0 Å². The first-order chi connectivity index (χ1) is 12.0. The van der Waals surface area contributed by atoms with E-state index in [4.69, 9.17) is 14.3 Å². The molecule has 2 aromatic carbocycles. The topological polar surface area (TPSA) is 89.1 Å². The van der Waals surface area contributed by atoms with Crippen molar-refractivity contribution in [2.75, 3.05) is 7.11 Å². The van der Waals surface area contributed by atoms with Crippen LogP contribution >= 0.6 is 0 Å². The number of hydrogen-bond donors (Lipinski definition) is 1. The Kier molecular flexibility index (Phi) is 4.35. The number of ketones is 1. The summed E-state index contributed by atoms with van der Waals surface area (Å²) in [5.74, 6) is -0.570. The number of carboxylic acids is 1. The maximum Gasteiger partial charge on any atom is 0.335 e. The minimum atomic E-state index is -1.04. The van der Waals surface area contributed by atoms with Crippen molar-refractivity contribution in [2.45, 2.75) is 6.92 Å². The molecular formula is C19H15NO5. The molecule has 0 atom stereocenters. The molecule has 0 spiro atoms. The summed E-state index contributed by atoms with van der Waals surface area (Å²) in [5, 5.41) is 9.62. The van der Waals surface area contributed by atoms with Gasteiger partial charge in [0.2, 0.25) is 5.55 Å². The zero-order valence-electron chi connectivity index (χ0n) is 13.6. The summed E-state index contributed by atoms with van der Waals surface area (Å²) in [6, 6.07) is 13.1. The van der Waals surface area contributed by atoms with Crippen LogP contribution < -0.4 is 10.3 Å². The molecule has 0 aliphatic rings. The maximum absolute atomic E-state index is 12.0. The predicted molar refractivity (Wildman–Crippen MR) is 91.4 cm³/mol. The van der Waals surface area contributed by atoms with Crippen LogP contribution in [-0.4, -0.2) is 24.0 Å². The Morgan fingerprint density at radius 1 is 1.08 bits per heavy atom. The Morgan fingerprint density at radius 3 is 2.40 bits per heavy atom. The molecular weight excluding hydrogens is 322 g/mol. The molecule has 1 heterocycles. The van der Waals surface area contributed by atoms with Gasteiger partial charge in [-0.15, -0.1) is 0 Å². The molecule has 25 heavy (non-hydrogen) atoms. The number of nitrogens with zero attached hydrogens (tertiary/aromatic N) is 1. The second-order valence-electron chi connectivity index (χ2n) is 5.39. The second-order valence-corrected chi connectivity index (χ2v) is 5.39. The van der Waals surface area contributed by atoms with E-state index >= 15 is 0 Å². The Labute approximate surface area is 143 Å². The van der Waals surface area contributed by atoms with E-state index in [9.17, 15) is 9.59 Å². The quantitative estimate of drug-likeness (QED) is 0.735. The van der Waals surface area contributed by atoms with Gasteiger partial charge in [0.05, 0.1) is 23.9 Å². The molecule has 6 heteroatoms. The molecule has 6 nitrogen and oxygen atoms in total. The highest BCUT2D eigenvalue weighted by Crippen LogP contribution is 2.19. The molecule has 3 aromatic rings. The molecule has 0 radical (unpaired) electrons.